The standard InChI is InChI=1S/C25H23ClN2O/c26-23-10-7-21(8-11-23)22-9-13-24(27-19-22)12-6-20-4-3-5-25(18-20)29-17-16-28-14-1-2-15-28/h3-5,7-11,13,18-19H,1-2,14-17H2. The lowest BCUT2D eigenvalue weighted by Gasteiger charge is -2.14. The fraction of sp³-hybridized carbons (Fsp3) is 0.240. The maximum Gasteiger partial charge on any atom is 0.120 e. The number of hydrogen-bond donors (Lipinski definition) is 0. The molecule has 2 aromatic carbocycles. The highest BCUT2D eigenvalue weighted by molar-refractivity contribution is 6.30. The third-order valence-corrected chi connectivity index (χ3v) is 5.24. The zero-order valence-electron chi connectivity index (χ0n) is 16.3. The molecule has 1 saturated heterocycles. The Kier molecular flexibility index (Phi) is 6.46. The summed E-state index contributed by atoms with van der Waals surface area (Å²) in [4.78, 5) is 6.91. The SMILES string of the molecule is Clc1ccc(-c2ccc(C#Cc3cccc(OCCN4CCCC4)c3)nc2)cc1. The zero-order valence-corrected chi connectivity index (χ0v) is 17.0. The van der Waals surface area contributed by atoms with Crippen molar-refractivity contribution in [2.24, 2.45) is 0 Å². The Morgan fingerprint density at radius 3 is 2.48 bits per heavy atom. The molecule has 1 fully saturated rings. The Morgan fingerprint density at radius 2 is 1.72 bits per heavy atom. The van der Waals surface area contributed by atoms with Crippen LogP contribution in [0.25, 0.3) is 11.1 Å². The summed E-state index contributed by atoms with van der Waals surface area (Å²) in [5, 5.41) is 0.728. The molecule has 1 aliphatic heterocycles. The van der Waals surface area contributed by atoms with Crippen LogP contribution in [0, 0.1) is 11.8 Å². The minimum Gasteiger partial charge on any atom is -0.492 e. The van der Waals surface area contributed by atoms with Gasteiger partial charge in [-0.25, -0.2) is 4.98 Å². The molecule has 0 N–H and O–H groups in total. The number of hydrogen-bond acceptors (Lipinski definition) is 3. The summed E-state index contributed by atoms with van der Waals surface area (Å²) in [6, 6.07) is 19.6. The van der Waals surface area contributed by atoms with Gasteiger partial charge in [-0.15, -0.1) is 0 Å². The first-order valence-electron chi connectivity index (χ1n) is 9.95. The Balaban J connectivity index is 1.37. The quantitative estimate of drug-likeness (QED) is 0.543. The van der Waals surface area contributed by atoms with Crippen molar-refractivity contribution in [3.05, 3.63) is 83.1 Å². The molecule has 3 aromatic rings. The van der Waals surface area contributed by atoms with E-state index < -0.39 is 0 Å². The largest absolute Gasteiger partial charge is 0.492 e. The summed E-state index contributed by atoms with van der Waals surface area (Å²) < 4.78 is 5.90. The molecule has 2 heterocycles. The van der Waals surface area contributed by atoms with Crippen molar-refractivity contribution in [2.75, 3.05) is 26.2 Å². The van der Waals surface area contributed by atoms with Gasteiger partial charge in [-0.1, -0.05) is 41.8 Å². The van der Waals surface area contributed by atoms with Crippen molar-refractivity contribution >= 4 is 11.6 Å². The van der Waals surface area contributed by atoms with Crippen molar-refractivity contribution in [1.29, 1.82) is 0 Å². The second kappa shape index (κ2) is 9.60. The van der Waals surface area contributed by atoms with Crippen LogP contribution in [-0.4, -0.2) is 36.1 Å². The number of rotatable bonds is 5. The van der Waals surface area contributed by atoms with Crippen LogP contribution in [0.3, 0.4) is 0 Å². The van der Waals surface area contributed by atoms with Crippen molar-refractivity contribution < 1.29 is 4.74 Å². The van der Waals surface area contributed by atoms with Crippen LogP contribution in [0.2, 0.25) is 5.02 Å². The highest BCUT2D eigenvalue weighted by Gasteiger charge is 2.10. The Morgan fingerprint density at radius 1 is 0.931 bits per heavy atom. The maximum atomic E-state index is 5.95. The predicted molar refractivity (Wildman–Crippen MR) is 118 cm³/mol. The number of pyridine rings is 1. The third kappa shape index (κ3) is 5.60. The van der Waals surface area contributed by atoms with E-state index in [1.807, 2.05) is 66.9 Å². The van der Waals surface area contributed by atoms with E-state index in [4.69, 9.17) is 16.3 Å². The summed E-state index contributed by atoms with van der Waals surface area (Å²) >= 11 is 5.95. The lowest BCUT2D eigenvalue weighted by Crippen LogP contribution is -2.25. The van der Waals surface area contributed by atoms with E-state index in [0.717, 1.165) is 39.7 Å². The third-order valence-electron chi connectivity index (χ3n) is 4.98. The van der Waals surface area contributed by atoms with Crippen molar-refractivity contribution in [3.8, 4) is 28.7 Å². The summed E-state index contributed by atoms with van der Waals surface area (Å²) in [6.07, 6.45) is 4.45. The van der Waals surface area contributed by atoms with Gasteiger partial charge in [0.05, 0.1) is 0 Å². The number of benzene rings is 2. The number of likely N-dealkylation sites (tertiary alicyclic amines) is 1. The molecule has 0 unspecified atom stereocenters. The van der Waals surface area contributed by atoms with E-state index in [2.05, 4.69) is 21.7 Å². The predicted octanol–water partition coefficient (Wildman–Crippen LogP) is 5.28. The molecule has 4 rings (SSSR count). The summed E-state index contributed by atoms with van der Waals surface area (Å²) in [6.45, 7) is 4.09. The van der Waals surface area contributed by atoms with E-state index in [1.54, 1.807) is 0 Å². The first-order chi connectivity index (χ1) is 14.3. The molecule has 3 nitrogen and oxygen atoms in total. The van der Waals surface area contributed by atoms with Gasteiger partial charge in [-0.05, 0) is 73.8 Å². The average molecular weight is 403 g/mol. The number of nitrogens with zero attached hydrogens (tertiary/aromatic N) is 2. The van der Waals surface area contributed by atoms with Crippen LogP contribution in [0.15, 0.2) is 66.9 Å². The van der Waals surface area contributed by atoms with Gasteiger partial charge in [-0.2, -0.15) is 0 Å². The molecule has 1 aromatic heterocycles. The van der Waals surface area contributed by atoms with E-state index >= 15 is 0 Å². The molecule has 0 spiro atoms. The van der Waals surface area contributed by atoms with E-state index in [0.29, 0.717) is 6.61 Å². The van der Waals surface area contributed by atoms with Crippen molar-refractivity contribution in [2.45, 2.75) is 12.8 Å². The lowest BCUT2D eigenvalue weighted by molar-refractivity contribution is 0.238. The number of aromatic nitrogens is 1. The topological polar surface area (TPSA) is 25.4 Å². The van der Waals surface area contributed by atoms with Crippen LogP contribution in [0.5, 0.6) is 5.75 Å². The van der Waals surface area contributed by atoms with Gasteiger partial charge in [0, 0.05) is 28.9 Å². The maximum absolute atomic E-state index is 5.95. The van der Waals surface area contributed by atoms with Crippen molar-refractivity contribution in [3.63, 3.8) is 0 Å². The second-order valence-electron chi connectivity index (χ2n) is 7.11. The fourth-order valence-corrected chi connectivity index (χ4v) is 3.51. The minimum atomic E-state index is 0.713. The zero-order chi connectivity index (χ0) is 19.9. The van der Waals surface area contributed by atoms with Crippen LogP contribution < -0.4 is 4.74 Å². The van der Waals surface area contributed by atoms with Gasteiger partial charge in [0.25, 0.3) is 0 Å². The Labute approximate surface area is 177 Å². The molecule has 0 radical (unpaired) electrons. The van der Waals surface area contributed by atoms with Gasteiger partial charge < -0.3 is 4.74 Å². The van der Waals surface area contributed by atoms with E-state index in [9.17, 15) is 0 Å². The molecule has 4 heteroatoms. The molecule has 146 valence electrons. The minimum absolute atomic E-state index is 0.713. The molecule has 29 heavy (non-hydrogen) atoms. The molecule has 1 aliphatic rings. The van der Waals surface area contributed by atoms with E-state index in [1.165, 1.54) is 25.9 Å². The number of ether oxygens (including phenoxy) is 1. The first kappa shape index (κ1) is 19.5. The van der Waals surface area contributed by atoms with Gasteiger partial charge >= 0.3 is 0 Å². The normalized spacial score (nSPS) is 13.7. The van der Waals surface area contributed by atoms with Crippen LogP contribution in [-0.2, 0) is 0 Å². The molecule has 0 atom stereocenters. The summed E-state index contributed by atoms with van der Waals surface area (Å²) in [5.74, 6) is 7.17. The van der Waals surface area contributed by atoms with Crippen LogP contribution in [0.1, 0.15) is 24.1 Å². The summed E-state index contributed by atoms with van der Waals surface area (Å²) in [7, 11) is 0. The lowest BCUT2D eigenvalue weighted by atomic mass is 10.1. The Hall–Kier alpha value is -2.80. The monoisotopic (exact) mass is 402 g/mol. The fourth-order valence-electron chi connectivity index (χ4n) is 3.38. The highest BCUT2D eigenvalue weighted by Crippen LogP contribution is 2.20. The smallest absolute Gasteiger partial charge is 0.120 e. The van der Waals surface area contributed by atoms with Gasteiger partial charge in [0.15, 0.2) is 0 Å². The van der Waals surface area contributed by atoms with Crippen molar-refractivity contribution in [1.82, 2.24) is 9.88 Å². The molecule has 0 aliphatic carbocycles. The van der Waals surface area contributed by atoms with E-state index in [-0.39, 0.29) is 0 Å². The number of halogens is 1. The summed E-state index contributed by atoms with van der Waals surface area (Å²) in [5.41, 5.74) is 3.79. The van der Waals surface area contributed by atoms with Gasteiger partial charge in [-0.3, -0.25) is 4.90 Å². The van der Waals surface area contributed by atoms with Crippen LogP contribution >= 0.6 is 11.6 Å². The molecule has 0 amide bonds. The molecule has 0 saturated carbocycles. The average Bonchev–Trinajstić information content (AvgIpc) is 3.27. The van der Waals surface area contributed by atoms with Gasteiger partial charge in [0.1, 0.15) is 18.1 Å². The molecular weight excluding hydrogens is 380 g/mol. The Bertz CT molecular complexity index is 997. The molecule has 0 bridgehead atoms. The second-order valence-corrected chi connectivity index (χ2v) is 7.55. The molecular formula is C25H23ClN2O. The highest BCUT2D eigenvalue weighted by atomic mass is 35.5. The van der Waals surface area contributed by atoms with Crippen LogP contribution in [0.4, 0.5) is 0 Å². The first-order valence-corrected chi connectivity index (χ1v) is 10.3. The van der Waals surface area contributed by atoms with Gasteiger partial charge in [0.2, 0.25) is 0 Å².